The van der Waals surface area contributed by atoms with E-state index in [1.807, 2.05) is 36.7 Å². The molecule has 2 aromatic carbocycles. The Morgan fingerprint density at radius 2 is 1.15 bits per heavy atom. The molecule has 1 aliphatic rings. The summed E-state index contributed by atoms with van der Waals surface area (Å²) in [5.41, 5.74) is 3.98. The third kappa shape index (κ3) is 4.50. The molecule has 3 nitrogen and oxygen atoms in total. The molecule has 27 heavy (non-hydrogen) atoms. The Labute approximate surface area is 170 Å². The quantitative estimate of drug-likeness (QED) is 0.675. The van der Waals surface area contributed by atoms with Crippen LogP contribution in [0.2, 0.25) is 10.0 Å². The fourth-order valence-corrected chi connectivity index (χ4v) is 4.29. The van der Waals surface area contributed by atoms with Gasteiger partial charge in [0.05, 0.1) is 5.56 Å². The molecular weight excluding hydrogens is 377 g/mol. The summed E-state index contributed by atoms with van der Waals surface area (Å²) in [6, 6.07) is 20.8. The minimum Gasteiger partial charge on any atom is -0.274 e. The van der Waals surface area contributed by atoms with Crippen LogP contribution in [-0.4, -0.2) is 18.1 Å². The summed E-state index contributed by atoms with van der Waals surface area (Å²) < 4.78 is 0. The van der Waals surface area contributed by atoms with E-state index in [2.05, 4.69) is 41.4 Å². The summed E-state index contributed by atoms with van der Waals surface area (Å²) >= 11 is 12.1. The first-order valence-corrected chi connectivity index (χ1v) is 10.0. The number of hydrogen-bond acceptors (Lipinski definition) is 1. The van der Waals surface area contributed by atoms with Crippen LogP contribution in [0.15, 0.2) is 73.1 Å². The van der Waals surface area contributed by atoms with Gasteiger partial charge in [0.2, 0.25) is 6.17 Å². The van der Waals surface area contributed by atoms with Gasteiger partial charge in [-0.1, -0.05) is 47.5 Å². The van der Waals surface area contributed by atoms with Crippen molar-refractivity contribution in [3.63, 3.8) is 0 Å². The van der Waals surface area contributed by atoms with E-state index >= 15 is 0 Å². The van der Waals surface area contributed by atoms with E-state index in [0.29, 0.717) is 6.17 Å². The first-order valence-electron chi connectivity index (χ1n) is 9.27. The number of halogens is 2. The molecule has 138 valence electrons. The number of nitrogens with zero attached hydrogens (tertiary/aromatic N) is 1. The van der Waals surface area contributed by atoms with Gasteiger partial charge in [0.15, 0.2) is 0 Å². The van der Waals surface area contributed by atoms with Crippen LogP contribution >= 0.6 is 23.2 Å². The maximum atomic E-state index is 6.05. The Morgan fingerprint density at radius 3 is 1.59 bits per heavy atom. The highest BCUT2D eigenvalue weighted by Gasteiger charge is 2.40. The van der Waals surface area contributed by atoms with Gasteiger partial charge in [-0.05, 0) is 36.4 Å². The van der Waals surface area contributed by atoms with E-state index in [4.69, 9.17) is 23.2 Å². The van der Waals surface area contributed by atoms with Crippen molar-refractivity contribution in [1.82, 2.24) is 4.98 Å². The molecule has 1 saturated heterocycles. The van der Waals surface area contributed by atoms with Gasteiger partial charge in [0.25, 0.3) is 0 Å². The summed E-state index contributed by atoms with van der Waals surface area (Å²) in [5.74, 6) is 0. The lowest BCUT2D eigenvalue weighted by Gasteiger charge is -2.24. The SMILES string of the molecule is Clc1ccc(C[NH+]2CC[NH+](Cc3ccc(Cl)cc3)C2c2ccncc2)cc1. The fourth-order valence-electron chi connectivity index (χ4n) is 4.04. The van der Waals surface area contributed by atoms with Crippen LogP contribution < -0.4 is 9.80 Å². The molecule has 0 aliphatic carbocycles. The Kier molecular flexibility index (Phi) is 5.74. The molecule has 1 aromatic heterocycles. The summed E-state index contributed by atoms with van der Waals surface area (Å²) in [5, 5.41) is 1.58. The summed E-state index contributed by atoms with van der Waals surface area (Å²) in [6.07, 6.45) is 4.18. The zero-order valence-corrected chi connectivity index (χ0v) is 16.5. The first kappa shape index (κ1) is 18.5. The zero-order chi connectivity index (χ0) is 18.6. The van der Waals surface area contributed by atoms with Crippen molar-refractivity contribution in [1.29, 1.82) is 0 Å². The van der Waals surface area contributed by atoms with Crippen molar-refractivity contribution in [3.8, 4) is 0 Å². The maximum Gasteiger partial charge on any atom is 0.241 e. The van der Waals surface area contributed by atoms with Crippen molar-refractivity contribution in [3.05, 3.63) is 99.8 Å². The third-order valence-electron chi connectivity index (χ3n) is 5.31. The largest absolute Gasteiger partial charge is 0.274 e. The van der Waals surface area contributed by atoms with Gasteiger partial charge >= 0.3 is 0 Å². The number of pyridine rings is 1. The Bertz CT molecular complexity index is 811. The third-order valence-corrected chi connectivity index (χ3v) is 5.82. The van der Waals surface area contributed by atoms with Gasteiger partial charge in [0, 0.05) is 33.6 Å². The van der Waals surface area contributed by atoms with E-state index in [1.165, 1.54) is 16.7 Å². The van der Waals surface area contributed by atoms with Gasteiger partial charge in [-0.2, -0.15) is 0 Å². The second kappa shape index (κ2) is 8.41. The molecule has 2 atom stereocenters. The molecule has 0 spiro atoms. The smallest absolute Gasteiger partial charge is 0.241 e. The molecule has 0 bridgehead atoms. The van der Waals surface area contributed by atoms with Gasteiger partial charge < -0.3 is 0 Å². The number of quaternary nitrogens is 2. The van der Waals surface area contributed by atoms with E-state index in [1.54, 1.807) is 9.80 Å². The van der Waals surface area contributed by atoms with Gasteiger partial charge in [-0.25, -0.2) is 0 Å². The summed E-state index contributed by atoms with van der Waals surface area (Å²) in [4.78, 5) is 7.36. The number of hydrogen-bond donors (Lipinski definition) is 2. The second-order valence-electron chi connectivity index (χ2n) is 7.14. The van der Waals surface area contributed by atoms with Crippen molar-refractivity contribution in [2.75, 3.05) is 13.1 Å². The lowest BCUT2D eigenvalue weighted by Crippen LogP contribution is -3.22. The van der Waals surface area contributed by atoms with Gasteiger partial charge in [0.1, 0.15) is 26.2 Å². The number of aromatic nitrogens is 1. The Hall–Kier alpha value is -1.91. The minimum absolute atomic E-state index is 0.388. The van der Waals surface area contributed by atoms with Crippen LogP contribution in [0.1, 0.15) is 22.9 Å². The molecule has 4 rings (SSSR count). The van der Waals surface area contributed by atoms with Gasteiger partial charge in [-0.3, -0.25) is 14.8 Å². The highest BCUT2D eigenvalue weighted by molar-refractivity contribution is 6.30. The van der Waals surface area contributed by atoms with E-state index in [-0.39, 0.29) is 0 Å². The number of nitrogens with one attached hydrogen (secondary N) is 2. The first-order chi connectivity index (χ1) is 13.2. The van der Waals surface area contributed by atoms with Crippen molar-refractivity contribution in [2.24, 2.45) is 0 Å². The van der Waals surface area contributed by atoms with Crippen LogP contribution in [0.4, 0.5) is 0 Å². The van der Waals surface area contributed by atoms with E-state index < -0.39 is 0 Å². The molecule has 1 aliphatic heterocycles. The topological polar surface area (TPSA) is 21.8 Å². The predicted molar refractivity (Wildman–Crippen MR) is 109 cm³/mol. The monoisotopic (exact) mass is 399 g/mol. The lowest BCUT2D eigenvalue weighted by atomic mass is 10.1. The van der Waals surface area contributed by atoms with Crippen molar-refractivity contribution >= 4 is 23.2 Å². The molecule has 5 heteroatoms. The van der Waals surface area contributed by atoms with Crippen LogP contribution in [0, 0.1) is 0 Å². The second-order valence-corrected chi connectivity index (χ2v) is 8.01. The van der Waals surface area contributed by atoms with Crippen molar-refractivity contribution < 1.29 is 9.80 Å². The zero-order valence-electron chi connectivity index (χ0n) is 15.0. The average molecular weight is 400 g/mol. The highest BCUT2D eigenvalue weighted by atomic mass is 35.5. The average Bonchev–Trinajstić information content (AvgIpc) is 3.08. The molecule has 3 aromatic rings. The molecule has 0 saturated carbocycles. The van der Waals surface area contributed by atoms with E-state index in [9.17, 15) is 0 Å². The molecule has 2 N–H and O–H groups in total. The molecule has 2 unspecified atom stereocenters. The van der Waals surface area contributed by atoms with Crippen LogP contribution in [0.5, 0.6) is 0 Å². The number of rotatable bonds is 5. The lowest BCUT2D eigenvalue weighted by molar-refractivity contribution is -1.09. The molecule has 0 amide bonds. The molecule has 1 fully saturated rings. The van der Waals surface area contributed by atoms with Crippen LogP contribution in [0.25, 0.3) is 0 Å². The normalized spacial score (nSPS) is 22.1. The number of benzene rings is 2. The standard InChI is InChI=1S/C22H21Cl2N3/c23-20-5-1-17(2-6-20)15-26-13-14-27(16-18-3-7-21(24)8-4-18)22(26)19-9-11-25-12-10-19/h1-12,22H,13-16H2/p+2. The highest BCUT2D eigenvalue weighted by Crippen LogP contribution is 2.12. The van der Waals surface area contributed by atoms with Crippen LogP contribution in [0.3, 0.4) is 0 Å². The predicted octanol–water partition coefficient (Wildman–Crippen LogP) is 2.57. The Morgan fingerprint density at radius 1 is 0.704 bits per heavy atom. The van der Waals surface area contributed by atoms with E-state index in [0.717, 1.165) is 36.2 Å². The Balaban J connectivity index is 1.57. The summed E-state index contributed by atoms with van der Waals surface area (Å²) in [7, 11) is 0. The fraction of sp³-hybridized carbons (Fsp3) is 0.227. The van der Waals surface area contributed by atoms with Gasteiger partial charge in [-0.15, -0.1) is 0 Å². The molecule has 2 heterocycles. The summed E-state index contributed by atoms with van der Waals surface area (Å²) in [6.45, 7) is 4.26. The maximum absolute atomic E-state index is 6.05. The molecule has 0 radical (unpaired) electrons. The molecular formula is C22H23Cl2N3+2. The van der Waals surface area contributed by atoms with Crippen LogP contribution in [-0.2, 0) is 13.1 Å². The minimum atomic E-state index is 0.388. The van der Waals surface area contributed by atoms with Crippen molar-refractivity contribution in [2.45, 2.75) is 19.3 Å².